The first kappa shape index (κ1) is 13.8. The first-order valence-electron chi connectivity index (χ1n) is 5.79. The molecule has 0 aliphatic heterocycles. The number of aromatic nitrogens is 1. The van der Waals surface area contributed by atoms with Crippen molar-refractivity contribution in [1.82, 2.24) is 4.98 Å². The number of benzene rings is 1. The Morgan fingerprint density at radius 2 is 2.11 bits per heavy atom. The molecule has 0 saturated heterocycles. The van der Waals surface area contributed by atoms with Gasteiger partial charge in [0.2, 0.25) is 0 Å². The second kappa shape index (κ2) is 6.50. The van der Waals surface area contributed by atoms with E-state index in [2.05, 4.69) is 4.98 Å². The molecular weight excluding hydrogens is 280 g/mol. The quantitative estimate of drug-likeness (QED) is 0.861. The molecule has 0 saturated carbocycles. The highest BCUT2D eigenvalue weighted by Gasteiger charge is 2.10. The van der Waals surface area contributed by atoms with E-state index in [9.17, 15) is 0 Å². The molecule has 0 unspecified atom stereocenters. The number of nitrogens with zero attached hydrogens (tertiary/aromatic N) is 1. The second-order valence-electron chi connectivity index (χ2n) is 3.90. The van der Waals surface area contributed by atoms with Crippen molar-refractivity contribution in [2.75, 3.05) is 6.61 Å². The molecule has 2 N–H and O–H groups in total. The molecule has 0 aliphatic carbocycles. The van der Waals surface area contributed by atoms with Crippen LogP contribution in [0.2, 0.25) is 5.02 Å². The predicted octanol–water partition coefficient (Wildman–Crippen LogP) is 2.99. The molecule has 2 rings (SSSR count). The highest BCUT2D eigenvalue weighted by atomic mass is 35.5. The van der Waals surface area contributed by atoms with Crippen LogP contribution in [0.3, 0.4) is 0 Å². The first-order chi connectivity index (χ1) is 9.18. The standard InChI is InChI=1S/C14H13ClN2OS/c15-11-5-3-6-12(13(11)14(16)19)18-9-7-10-4-1-2-8-17-10/h1-6,8H,7,9H2,(H2,16,19). The van der Waals surface area contributed by atoms with Crippen LogP contribution in [0.1, 0.15) is 11.3 Å². The van der Waals surface area contributed by atoms with E-state index in [-0.39, 0.29) is 4.99 Å². The minimum atomic E-state index is 0.235. The van der Waals surface area contributed by atoms with Gasteiger partial charge >= 0.3 is 0 Å². The maximum atomic E-state index is 6.06. The summed E-state index contributed by atoms with van der Waals surface area (Å²) in [5.41, 5.74) is 7.21. The molecule has 5 heteroatoms. The smallest absolute Gasteiger partial charge is 0.130 e. The van der Waals surface area contributed by atoms with Crippen LogP contribution in [0, 0.1) is 0 Å². The van der Waals surface area contributed by atoms with E-state index in [0.29, 0.717) is 29.4 Å². The third-order valence-electron chi connectivity index (χ3n) is 2.56. The largest absolute Gasteiger partial charge is 0.492 e. The highest BCUT2D eigenvalue weighted by molar-refractivity contribution is 7.80. The van der Waals surface area contributed by atoms with E-state index >= 15 is 0 Å². The molecule has 3 nitrogen and oxygen atoms in total. The van der Waals surface area contributed by atoms with Gasteiger partial charge in [-0.15, -0.1) is 0 Å². The molecule has 2 aromatic rings. The minimum absolute atomic E-state index is 0.235. The van der Waals surface area contributed by atoms with Crippen LogP contribution in [0.4, 0.5) is 0 Å². The Morgan fingerprint density at radius 3 is 2.79 bits per heavy atom. The number of pyridine rings is 1. The van der Waals surface area contributed by atoms with Crippen LogP contribution in [0.5, 0.6) is 5.75 Å². The van der Waals surface area contributed by atoms with Crippen molar-refractivity contribution in [1.29, 1.82) is 0 Å². The lowest BCUT2D eigenvalue weighted by Gasteiger charge is -2.11. The summed E-state index contributed by atoms with van der Waals surface area (Å²) in [5, 5.41) is 0.503. The summed E-state index contributed by atoms with van der Waals surface area (Å²) in [4.78, 5) is 4.46. The molecule has 98 valence electrons. The summed E-state index contributed by atoms with van der Waals surface area (Å²) in [5.74, 6) is 0.607. The lowest BCUT2D eigenvalue weighted by Crippen LogP contribution is -2.13. The molecule has 0 fully saturated rings. The molecular formula is C14H13ClN2OS. The van der Waals surface area contributed by atoms with Crippen molar-refractivity contribution >= 4 is 28.8 Å². The third-order valence-corrected chi connectivity index (χ3v) is 3.08. The number of rotatable bonds is 5. The Morgan fingerprint density at radius 1 is 1.26 bits per heavy atom. The van der Waals surface area contributed by atoms with Crippen molar-refractivity contribution < 1.29 is 4.74 Å². The zero-order valence-electron chi connectivity index (χ0n) is 10.2. The summed E-state index contributed by atoms with van der Waals surface area (Å²) in [7, 11) is 0. The van der Waals surface area contributed by atoms with E-state index in [1.807, 2.05) is 18.2 Å². The molecule has 19 heavy (non-hydrogen) atoms. The van der Waals surface area contributed by atoms with Crippen molar-refractivity contribution in [2.45, 2.75) is 6.42 Å². The Kier molecular flexibility index (Phi) is 4.71. The SMILES string of the molecule is NC(=S)c1c(Cl)cccc1OCCc1ccccn1. The van der Waals surface area contributed by atoms with E-state index in [0.717, 1.165) is 5.69 Å². The summed E-state index contributed by atoms with van der Waals surface area (Å²) in [6.07, 6.45) is 2.47. The molecule has 1 heterocycles. The second-order valence-corrected chi connectivity index (χ2v) is 4.74. The third kappa shape index (κ3) is 3.66. The summed E-state index contributed by atoms with van der Waals surface area (Å²) < 4.78 is 5.69. The van der Waals surface area contributed by atoms with E-state index in [1.54, 1.807) is 24.4 Å². The average Bonchev–Trinajstić information content (AvgIpc) is 2.39. The van der Waals surface area contributed by atoms with Gasteiger partial charge in [-0.25, -0.2) is 0 Å². The number of halogens is 1. The van der Waals surface area contributed by atoms with Gasteiger partial charge in [-0.1, -0.05) is 36.0 Å². The number of nitrogens with two attached hydrogens (primary N) is 1. The van der Waals surface area contributed by atoms with Gasteiger partial charge in [0.1, 0.15) is 10.7 Å². The molecule has 1 aromatic heterocycles. The molecule has 0 amide bonds. The fourth-order valence-corrected chi connectivity index (χ4v) is 2.21. The lowest BCUT2D eigenvalue weighted by molar-refractivity contribution is 0.320. The number of hydrogen-bond acceptors (Lipinski definition) is 3. The first-order valence-corrected chi connectivity index (χ1v) is 6.58. The maximum absolute atomic E-state index is 6.06. The zero-order chi connectivity index (χ0) is 13.7. The van der Waals surface area contributed by atoms with E-state index in [4.69, 9.17) is 34.3 Å². The fraction of sp³-hybridized carbons (Fsp3) is 0.143. The zero-order valence-corrected chi connectivity index (χ0v) is 11.7. The van der Waals surface area contributed by atoms with Crippen molar-refractivity contribution in [2.24, 2.45) is 5.73 Å². The van der Waals surface area contributed by atoms with E-state index in [1.165, 1.54) is 0 Å². The Balaban J connectivity index is 2.04. The minimum Gasteiger partial charge on any atom is -0.492 e. The van der Waals surface area contributed by atoms with Gasteiger partial charge in [-0.2, -0.15) is 0 Å². The molecule has 0 radical (unpaired) electrons. The highest BCUT2D eigenvalue weighted by Crippen LogP contribution is 2.26. The fourth-order valence-electron chi connectivity index (χ4n) is 1.68. The molecule has 0 aliphatic rings. The van der Waals surface area contributed by atoms with Crippen LogP contribution in [0.25, 0.3) is 0 Å². The number of thiocarbonyl (C=S) groups is 1. The van der Waals surface area contributed by atoms with Crippen molar-refractivity contribution in [3.63, 3.8) is 0 Å². The van der Waals surface area contributed by atoms with Crippen LogP contribution in [-0.4, -0.2) is 16.6 Å². The Bertz CT molecular complexity index is 575. The Hall–Kier alpha value is -1.65. The average molecular weight is 293 g/mol. The number of ether oxygens (including phenoxy) is 1. The van der Waals surface area contributed by atoms with Crippen LogP contribution < -0.4 is 10.5 Å². The van der Waals surface area contributed by atoms with Crippen LogP contribution >= 0.6 is 23.8 Å². The van der Waals surface area contributed by atoms with Gasteiger partial charge in [0.15, 0.2) is 0 Å². The molecule has 1 aromatic carbocycles. The van der Waals surface area contributed by atoms with Gasteiger partial charge in [-0.3, -0.25) is 4.98 Å². The topological polar surface area (TPSA) is 48.1 Å². The normalized spacial score (nSPS) is 10.2. The van der Waals surface area contributed by atoms with Gasteiger partial charge < -0.3 is 10.5 Å². The summed E-state index contributed by atoms with van der Waals surface area (Å²) in [6, 6.07) is 11.1. The lowest BCUT2D eigenvalue weighted by atomic mass is 10.2. The summed E-state index contributed by atoms with van der Waals surface area (Å²) >= 11 is 11.0. The number of hydrogen-bond donors (Lipinski definition) is 1. The van der Waals surface area contributed by atoms with Gasteiger partial charge in [0.25, 0.3) is 0 Å². The monoisotopic (exact) mass is 292 g/mol. The molecule has 0 bridgehead atoms. The molecule has 0 spiro atoms. The molecule has 0 atom stereocenters. The van der Waals surface area contributed by atoms with Crippen molar-refractivity contribution in [3.05, 3.63) is 58.9 Å². The van der Waals surface area contributed by atoms with Crippen LogP contribution in [-0.2, 0) is 6.42 Å². The maximum Gasteiger partial charge on any atom is 0.130 e. The summed E-state index contributed by atoms with van der Waals surface area (Å²) in [6.45, 7) is 0.493. The van der Waals surface area contributed by atoms with Gasteiger partial charge in [0.05, 0.1) is 17.2 Å². The van der Waals surface area contributed by atoms with Crippen molar-refractivity contribution in [3.8, 4) is 5.75 Å². The van der Waals surface area contributed by atoms with Gasteiger partial charge in [-0.05, 0) is 24.3 Å². The Labute approximate surface area is 122 Å². The van der Waals surface area contributed by atoms with Crippen LogP contribution in [0.15, 0.2) is 42.6 Å². The van der Waals surface area contributed by atoms with E-state index < -0.39 is 0 Å². The predicted molar refractivity (Wildman–Crippen MR) is 80.8 cm³/mol. The van der Waals surface area contributed by atoms with Gasteiger partial charge in [0, 0.05) is 18.3 Å².